The van der Waals surface area contributed by atoms with E-state index in [0.717, 1.165) is 9.94 Å². The Morgan fingerprint density at radius 1 is 0.545 bits per heavy atom. The van der Waals surface area contributed by atoms with Gasteiger partial charge in [0.25, 0.3) is 0 Å². The van der Waals surface area contributed by atoms with E-state index in [1.165, 1.54) is 0 Å². The zero-order valence-corrected chi connectivity index (χ0v) is 29.4. The third kappa shape index (κ3) is 7.92. The van der Waals surface area contributed by atoms with Crippen LogP contribution in [0.3, 0.4) is 0 Å². The van der Waals surface area contributed by atoms with Crippen molar-refractivity contribution in [3.05, 3.63) is 52.5 Å². The summed E-state index contributed by atoms with van der Waals surface area (Å²) in [6.07, 6.45) is 3.22. The van der Waals surface area contributed by atoms with Crippen LogP contribution >= 0.6 is 15.9 Å². The second-order valence-corrected chi connectivity index (χ2v) is 14.8. The molecule has 14 heteroatoms. The number of rotatable bonds is 2. The van der Waals surface area contributed by atoms with Gasteiger partial charge in [0.05, 0.1) is 33.6 Å². The number of nitriles is 2. The largest absolute Gasteiger partial charge is 0.496 e. The molecule has 3 aliphatic rings. The normalized spacial score (nSPS) is 23.0. The fourth-order valence-corrected chi connectivity index (χ4v) is 4.27. The lowest BCUT2D eigenvalue weighted by atomic mass is 9.49. The van der Waals surface area contributed by atoms with E-state index in [4.69, 9.17) is 38.4 Å². The van der Waals surface area contributed by atoms with Crippen molar-refractivity contribution < 1.29 is 27.9 Å². The van der Waals surface area contributed by atoms with Gasteiger partial charge in [0.2, 0.25) is 0 Å². The molecule has 0 aliphatic carbocycles. The fourth-order valence-electron chi connectivity index (χ4n) is 4.03. The first-order valence-electron chi connectivity index (χ1n) is 14.5. The van der Waals surface area contributed by atoms with Crippen LogP contribution in [0.25, 0.3) is 0 Å². The maximum Gasteiger partial charge on any atom is 0.496 e. The average Bonchev–Trinajstić information content (AvgIpc) is 3.39. The molecule has 0 saturated carbocycles. The van der Waals surface area contributed by atoms with Gasteiger partial charge in [0.1, 0.15) is 23.5 Å². The second-order valence-electron chi connectivity index (χ2n) is 13.9. The first-order chi connectivity index (χ1) is 20.1. The topological polar surface area (TPSA) is 129 Å². The summed E-state index contributed by atoms with van der Waals surface area (Å²) in [7, 11) is -1.37. The van der Waals surface area contributed by atoms with E-state index in [1.54, 1.807) is 30.6 Å². The molecule has 3 fully saturated rings. The molecule has 3 saturated heterocycles. The number of hydrogen-bond donors (Lipinski definition) is 0. The van der Waals surface area contributed by atoms with E-state index in [0.29, 0.717) is 11.4 Å². The lowest BCUT2D eigenvalue weighted by molar-refractivity contribution is 0.00578. The summed E-state index contributed by atoms with van der Waals surface area (Å²) in [5.74, 6) is 0. The van der Waals surface area contributed by atoms with Crippen LogP contribution in [0.1, 0.15) is 94.5 Å². The molecule has 0 unspecified atom stereocenters. The van der Waals surface area contributed by atoms with Gasteiger partial charge in [-0.05, 0) is 117 Å². The summed E-state index contributed by atoms with van der Waals surface area (Å²) in [5, 5.41) is 17.0. The zero-order valence-electron chi connectivity index (χ0n) is 27.8. The molecule has 0 spiro atoms. The van der Waals surface area contributed by atoms with Crippen LogP contribution in [0.15, 0.2) is 41.1 Å². The lowest BCUT2D eigenvalue weighted by Crippen LogP contribution is -2.41. The highest BCUT2D eigenvalue weighted by molar-refractivity contribution is 9.10. The van der Waals surface area contributed by atoms with E-state index in [-0.39, 0.29) is 33.6 Å². The second kappa shape index (κ2) is 12.8. The maximum atomic E-state index is 8.68. The molecule has 5 heterocycles. The Kier molecular flexibility index (Phi) is 10.6. The minimum absolute atomic E-state index is 0.356. The molecule has 0 aromatic carbocycles. The third-order valence-electron chi connectivity index (χ3n) is 9.03. The summed E-state index contributed by atoms with van der Waals surface area (Å²) >= 11 is 3.20. The van der Waals surface area contributed by atoms with Crippen molar-refractivity contribution in [2.24, 2.45) is 0 Å². The van der Waals surface area contributed by atoms with Crippen LogP contribution in [-0.4, -0.2) is 64.7 Å². The van der Waals surface area contributed by atoms with Gasteiger partial charge >= 0.3 is 21.1 Å². The number of nitrogens with zero attached hydrogens (tertiary/aromatic N) is 4. The Hall–Kier alpha value is -2.29. The summed E-state index contributed by atoms with van der Waals surface area (Å²) in [6, 6.07) is 10.8. The van der Waals surface area contributed by atoms with Crippen molar-refractivity contribution in [1.82, 2.24) is 9.97 Å². The number of aromatic nitrogens is 2. The average molecular weight is 667 g/mol. The quantitative estimate of drug-likeness (QED) is 0.394. The molecule has 0 bridgehead atoms. The van der Waals surface area contributed by atoms with E-state index in [2.05, 4.69) is 25.9 Å². The predicted octanol–water partition coefficient (Wildman–Crippen LogP) is 5.22. The molecule has 2 aromatic rings. The molecular weight excluding hydrogens is 625 g/mol. The Morgan fingerprint density at radius 2 is 0.886 bits per heavy atom. The van der Waals surface area contributed by atoms with Gasteiger partial charge in [0, 0.05) is 22.3 Å². The van der Waals surface area contributed by atoms with Gasteiger partial charge in [-0.2, -0.15) is 10.5 Å². The molecular formula is C30H42B3BrN4O6. The van der Waals surface area contributed by atoms with Crippen molar-refractivity contribution in [3.8, 4) is 12.1 Å². The van der Waals surface area contributed by atoms with Crippen molar-refractivity contribution in [3.63, 3.8) is 0 Å². The Morgan fingerprint density at radius 3 is 1.18 bits per heavy atom. The fraction of sp³-hybridized carbons (Fsp3) is 0.600. The SMILES string of the molecule is CC1(C)OB(B2OC(C)(C)C(C)(C)O2)OC1(C)C.CC1(C)OB(c2ccc(C#N)nc2)OC1(C)C.N#Cc1ccc(Br)cn1. The number of halogens is 1. The molecule has 5 rings (SSSR count). The molecule has 234 valence electrons. The molecule has 2 aromatic heterocycles. The number of hydrogen-bond acceptors (Lipinski definition) is 10. The first-order valence-corrected chi connectivity index (χ1v) is 15.3. The molecule has 44 heavy (non-hydrogen) atoms. The van der Waals surface area contributed by atoms with Gasteiger partial charge in [0.15, 0.2) is 0 Å². The van der Waals surface area contributed by atoms with Gasteiger partial charge in [-0.25, -0.2) is 9.97 Å². The Balaban J connectivity index is 0.000000190. The highest BCUT2D eigenvalue weighted by Gasteiger charge is 2.63. The summed E-state index contributed by atoms with van der Waals surface area (Å²) in [6.45, 7) is 24.2. The molecule has 3 aliphatic heterocycles. The zero-order chi connectivity index (χ0) is 33.4. The van der Waals surface area contributed by atoms with Crippen molar-refractivity contribution in [2.45, 2.75) is 117 Å². The molecule has 0 atom stereocenters. The van der Waals surface area contributed by atoms with Gasteiger partial charge in [-0.1, -0.05) is 6.07 Å². The molecule has 0 amide bonds. The summed E-state index contributed by atoms with van der Waals surface area (Å²) < 4.78 is 36.5. The highest BCUT2D eigenvalue weighted by Crippen LogP contribution is 2.43. The molecule has 10 nitrogen and oxygen atoms in total. The predicted molar refractivity (Wildman–Crippen MR) is 173 cm³/mol. The molecule has 0 N–H and O–H groups in total. The van der Waals surface area contributed by atoms with Crippen molar-refractivity contribution >= 4 is 42.5 Å². The van der Waals surface area contributed by atoms with Gasteiger partial charge in [-0.15, -0.1) is 0 Å². The lowest BCUT2D eigenvalue weighted by Gasteiger charge is -2.32. The van der Waals surface area contributed by atoms with Crippen LogP contribution in [0.2, 0.25) is 0 Å². The van der Waals surface area contributed by atoms with E-state index in [1.807, 2.05) is 101 Å². The third-order valence-corrected chi connectivity index (χ3v) is 9.50. The van der Waals surface area contributed by atoms with Crippen LogP contribution in [0, 0.1) is 22.7 Å². The van der Waals surface area contributed by atoms with Gasteiger partial charge in [-0.3, -0.25) is 0 Å². The summed E-state index contributed by atoms with van der Waals surface area (Å²) in [5.41, 5.74) is -0.478. The standard InChI is InChI=1S/C12H24B2O4.C12H15BN2O2.C6H3BrN2/c1-9(2)10(3,4)16-13(15-9)14-17-11(5,6)12(7,8)18-14;1-11(2)12(3,4)17-13(16-11)9-5-6-10(7-14)15-8-9;7-5-1-2-6(3-8)9-4-5/h1-8H3;5-6,8H,1-4H3;1-2,4H. The van der Waals surface area contributed by atoms with Crippen molar-refractivity contribution in [2.75, 3.05) is 0 Å². The van der Waals surface area contributed by atoms with Crippen molar-refractivity contribution in [1.29, 1.82) is 10.5 Å². The van der Waals surface area contributed by atoms with Crippen LogP contribution in [0.5, 0.6) is 0 Å². The van der Waals surface area contributed by atoms with Gasteiger partial charge < -0.3 is 27.9 Å². The minimum Gasteiger partial charge on any atom is -0.405 e. The minimum atomic E-state index is -0.476. The first kappa shape index (κ1) is 36.2. The smallest absolute Gasteiger partial charge is 0.405 e. The monoisotopic (exact) mass is 666 g/mol. The summed E-state index contributed by atoms with van der Waals surface area (Å²) in [4.78, 5) is 7.80. The van der Waals surface area contributed by atoms with Crippen LogP contribution < -0.4 is 5.46 Å². The van der Waals surface area contributed by atoms with Crippen LogP contribution in [0.4, 0.5) is 0 Å². The van der Waals surface area contributed by atoms with Crippen LogP contribution in [-0.2, 0) is 27.9 Å². The number of pyridine rings is 2. The Bertz CT molecular complexity index is 1310. The van der Waals surface area contributed by atoms with E-state index < -0.39 is 21.1 Å². The Labute approximate surface area is 271 Å². The highest BCUT2D eigenvalue weighted by atomic mass is 79.9. The molecule has 0 radical (unpaired) electrons. The maximum absolute atomic E-state index is 8.68. The van der Waals surface area contributed by atoms with E-state index >= 15 is 0 Å². The van der Waals surface area contributed by atoms with E-state index in [9.17, 15) is 0 Å².